The lowest BCUT2D eigenvalue weighted by atomic mass is 10.1. The van der Waals surface area contributed by atoms with Gasteiger partial charge < -0.3 is 9.67 Å². The van der Waals surface area contributed by atoms with Crippen LogP contribution in [0.25, 0.3) is 11.0 Å². The number of rotatable bonds is 3. The molecule has 0 amide bonds. The molecule has 3 rings (SSSR count). The molecule has 0 aliphatic carbocycles. The normalized spacial score (nSPS) is 11.2. The first kappa shape index (κ1) is 13.8. The van der Waals surface area contributed by atoms with Crippen molar-refractivity contribution in [2.75, 3.05) is 0 Å². The molecule has 21 heavy (non-hydrogen) atoms. The number of nitrogens with zero attached hydrogens (tertiary/aromatic N) is 2. The zero-order chi connectivity index (χ0) is 15.0. The molecule has 0 fully saturated rings. The van der Waals surface area contributed by atoms with Crippen LogP contribution in [-0.4, -0.2) is 14.7 Å². The number of imidazole rings is 1. The van der Waals surface area contributed by atoms with Crippen LogP contribution in [-0.2, 0) is 13.2 Å². The lowest BCUT2D eigenvalue weighted by Gasteiger charge is -2.09. The molecular formula is C18H20N2O. The fourth-order valence-electron chi connectivity index (χ4n) is 2.60. The van der Waals surface area contributed by atoms with Crippen molar-refractivity contribution in [3.63, 3.8) is 0 Å². The van der Waals surface area contributed by atoms with Crippen molar-refractivity contribution in [3.8, 4) is 0 Å². The molecule has 0 radical (unpaired) electrons. The Bertz CT molecular complexity index is 785. The summed E-state index contributed by atoms with van der Waals surface area (Å²) in [6.07, 6.45) is 0. The molecule has 1 aromatic heterocycles. The van der Waals surface area contributed by atoms with E-state index in [9.17, 15) is 5.11 Å². The summed E-state index contributed by atoms with van der Waals surface area (Å²) >= 11 is 0. The zero-order valence-electron chi connectivity index (χ0n) is 12.7. The summed E-state index contributed by atoms with van der Waals surface area (Å²) < 4.78 is 2.10. The molecule has 0 aliphatic rings. The van der Waals surface area contributed by atoms with Gasteiger partial charge in [-0.15, -0.1) is 0 Å². The first-order valence-corrected chi connectivity index (χ1v) is 7.21. The molecule has 0 unspecified atom stereocenters. The van der Waals surface area contributed by atoms with Crippen LogP contribution in [0.15, 0.2) is 36.4 Å². The average Bonchev–Trinajstić information content (AvgIpc) is 2.79. The van der Waals surface area contributed by atoms with Crippen molar-refractivity contribution >= 4 is 11.0 Å². The number of aliphatic hydroxyl groups excluding tert-OH is 1. The highest BCUT2D eigenvalue weighted by Crippen LogP contribution is 2.22. The van der Waals surface area contributed by atoms with Gasteiger partial charge in [-0.3, -0.25) is 0 Å². The Hall–Kier alpha value is -2.13. The second-order valence-electron chi connectivity index (χ2n) is 5.68. The number of hydrogen-bond donors (Lipinski definition) is 1. The highest BCUT2D eigenvalue weighted by molar-refractivity contribution is 5.78. The third-order valence-electron chi connectivity index (χ3n) is 4.05. The smallest absolute Gasteiger partial charge is 0.136 e. The Labute approximate surface area is 124 Å². The van der Waals surface area contributed by atoms with E-state index in [-0.39, 0.29) is 6.61 Å². The number of aryl methyl sites for hydroxylation is 3. The fraction of sp³-hybridized carbons (Fsp3) is 0.278. The number of benzene rings is 2. The van der Waals surface area contributed by atoms with E-state index in [2.05, 4.69) is 66.7 Å². The van der Waals surface area contributed by atoms with Crippen LogP contribution >= 0.6 is 0 Å². The van der Waals surface area contributed by atoms with E-state index in [0.717, 1.165) is 23.4 Å². The minimum Gasteiger partial charge on any atom is -0.388 e. The highest BCUT2D eigenvalue weighted by Gasteiger charge is 2.11. The molecule has 0 saturated carbocycles. The maximum Gasteiger partial charge on any atom is 0.136 e. The third-order valence-corrected chi connectivity index (χ3v) is 4.05. The van der Waals surface area contributed by atoms with Crippen molar-refractivity contribution in [2.24, 2.45) is 0 Å². The van der Waals surface area contributed by atoms with Gasteiger partial charge in [-0.25, -0.2) is 4.98 Å². The van der Waals surface area contributed by atoms with Gasteiger partial charge in [-0.05, 0) is 49.6 Å². The van der Waals surface area contributed by atoms with Crippen molar-refractivity contribution in [1.29, 1.82) is 0 Å². The molecule has 3 nitrogen and oxygen atoms in total. The topological polar surface area (TPSA) is 38.0 Å². The van der Waals surface area contributed by atoms with E-state index in [0.29, 0.717) is 0 Å². The number of hydrogen-bond acceptors (Lipinski definition) is 2. The van der Waals surface area contributed by atoms with E-state index in [1.54, 1.807) is 0 Å². The standard InChI is InChI=1S/C18H20N2O/c1-12-4-6-15(7-5-12)10-20-17-9-14(3)13(2)8-16(17)19-18(20)11-21/h4-9,21H,10-11H2,1-3H3. The van der Waals surface area contributed by atoms with Gasteiger partial charge in [0, 0.05) is 6.54 Å². The summed E-state index contributed by atoms with van der Waals surface area (Å²) in [6.45, 7) is 6.97. The minimum absolute atomic E-state index is 0.0430. The first-order valence-electron chi connectivity index (χ1n) is 7.21. The predicted molar refractivity (Wildman–Crippen MR) is 85.4 cm³/mol. The summed E-state index contributed by atoms with van der Waals surface area (Å²) in [5.41, 5.74) is 6.98. The van der Waals surface area contributed by atoms with Gasteiger partial charge in [-0.2, -0.15) is 0 Å². The van der Waals surface area contributed by atoms with Crippen LogP contribution in [0.1, 0.15) is 28.1 Å². The molecule has 3 aromatic rings. The predicted octanol–water partition coefficient (Wildman–Crippen LogP) is 3.50. The monoisotopic (exact) mass is 280 g/mol. The second kappa shape index (κ2) is 5.34. The molecule has 0 spiro atoms. The van der Waals surface area contributed by atoms with Gasteiger partial charge in [0.15, 0.2) is 0 Å². The quantitative estimate of drug-likeness (QED) is 0.797. The molecular weight excluding hydrogens is 260 g/mol. The van der Waals surface area contributed by atoms with E-state index < -0.39 is 0 Å². The Morgan fingerprint density at radius 2 is 1.67 bits per heavy atom. The first-order chi connectivity index (χ1) is 10.1. The Morgan fingerprint density at radius 3 is 2.33 bits per heavy atom. The minimum atomic E-state index is -0.0430. The van der Waals surface area contributed by atoms with E-state index in [1.165, 1.54) is 22.3 Å². The molecule has 0 bridgehead atoms. The largest absolute Gasteiger partial charge is 0.388 e. The van der Waals surface area contributed by atoms with Crippen LogP contribution in [0, 0.1) is 20.8 Å². The summed E-state index contributed by atoms with van der Waals surface area (Å²) in [4.78, 5) is 4.56. The van der Waals surface area contributed by atoms with E-state index in [4.69, 9.17) is 0 Å². The van der Waals surface area contributed by atoms with E-state index >= 15 is 0 Å². The molecule has 3 heteroatoms. The third kappa shape index (κ3) is 2.57. The second-order valence-corrected chi connectivity index (χ2v) is 5.68. The van der Waals surface area contributed by atoms with Gasteiger partial charge in [-0.1, -0.05) is 29.8 Å². The molecule has 1 N–H and O–H groups in total. The molecule has 2 aromatic carbocycles. The maximum atomic E-state index is 9.60. The SMILES string of the molecule is Cc1ccc(Cn2c(CO)nc3cc(C)c(C)cc32)cc1. The average molecular weight is 280 g/mol. The highest BCUT2D eigenvalue weighted by atomic mass is 16.3. The number of aromatic nitrogens is 2. The maximum absolute atomic E-state index is 9.60. The molecule has 108 valence electrons. The summed E-state index contributed by atoms with van der Waals surface area (Å²) in [7, 11) is 0. The lowest BCUT2D eigenvalue weighted by Crippen LogP contribution is -2.05. The van der Waals surface area contributed by atoms with Crippen LogP contribution in [0.2, 0.25) is 0 Å². The van der Waals surface area contributed by atoms with Crippen molar-refractivity contribution in [2.45, 2.75) is 33.9 Å². The fourth-order valence-corrected chi connectivity index (χ4v) is 2.60. The van der Waals surface area contributed by atoms with Gasteiger partial charge >= 0.3 is 0 Å². The number of aliphatic hydroxyl groups is 1. The van der Waals surface area contributed by atoms with Gasteiger partial charge in [0.2, 0.25) is 0 Å². The zero-order valence-corrected chi connectivity index (χ0v) is 12.7. The van der Waals surface area contributed by atoms with Gasteiger partial charge in [0.25, 0.3) is 0 Å². The van der Waals surface area contributed by atoms with Crippen molar-refractivity contribution in [1.82, 2.24) is 9.55 Å². The van der Waals surface area contributed by atoms with Crippen LogP contribution in [0.5, 0.6) is 0 Å². The lowest BCUT2D eigenvalue weighted by molar-refractivity contribution is 0.267. The van der Waals surface area contributed by atoms with Crippen molar-refractivity contribution < 1.29 is 5.11 Å². The van der Waals surface area contributed by atoms with Crippen LogP contribution in [0.3, 0.4) is 0 Å². The Morgan fingerprint density at radius 1 is 1.00 bits per heavy atom. The van der Waals surface area contributed by atoms with Crippen LogP contribution in [0.4, 0.5) is 0 Å². The van der Waals surface area contributed by atoms with E-state index in [1.807, 2.05) is 0 Å². The summed E-state index contributed by atoms with van der Waals surface area (Å²) in [5.74, 6) is 0.718. The molecule has 0 saturated heterocycles. The Balaban J connectivity index is 2.11. The Kier molecular flexibility index (Phi) is 3.52. The van der Waals surface area contributed by atoms with Crippen molar-refractivity contribution in [3.05, 3.63) is 64.5 Å². The van der Waals surface area contributed by atoms with Gasteiger partial charge in [0.1, 0.15) is 12.4 Å². The molecule has 0 aliphatic heterocycles. The molecule has 1 heterocycles. The summed E-state index contributed by atoms with van der Waals surface area (Å²) in [6, 6.07) is 12.7. The number of fused-ring (bicyclic) bond motifs is 1. The molecule has 0 atom stereocenters. The van der Waals surface area contributed by atoms with Crippen LogP contribution < -0.4 is 0 Å². The van der Waals surface area contributed by atoms with Gasteiger partial charge in [0.05, 0.1) is 11.0 Å². The summed E-state index contributed by atoms with van der Waals surface area (Å²) in [5, 5.41) is 9.60.